The number of anilines is 1. The molecule has 156 valence electrons. The van der Waals surface area contributed by atoms with Gasteiger partial charge in [0.15, 0.2) is 5.01 Å². The van der Waals surface area contributed by atoms with Crippen molar-refractivity contribution in [2.75, 3.05) is 12.4 Å². The molecule has 0 aliphatic rings. The van der Waals surface area contributed by atoms with Crippen molar-refractivity contribution in [2.24, 2.45) is 0 Å². The number of hydrogen-bond donors (Lipinski definition) is 1. The standard InChI is InChI=1S/C22H17ClN4O2S2/c1-13-6-8-15(9-7-13)24-19(28)22-27-26-21(31-22)18(23)11-16-12-30-20(25-16)14-4-3-5-17(10-14)29-2/h3-12H,1-2H3,(H,24,28)/b18-11-. The molecule has 0 spiro atoms. The molecule has 6 nitrogen and oxygen atoms in total. The molecule has 0 saturated heterocycles. The van der Waals surface area contributed by atoms with Gasteiger partial charge in [-0.2, -0.15) is 0 Å². The van der Waals surface area contributed by atoms with Crippen LogP contribution in [0.5, 0.6) is 5.75 Å². The molecule has 1 amide bonds. The average Bonchev–Trinajstić information content (AvgIpc) is 3.45. The van der Waals surface area contributed by atoms with Crippen LogP contribution in [0, 0.1) is 6.92 Å². The maximum Gasteiger partial charge on any atom is 0.286 e. The van der Waals surface area contributed by atoms with E-state index in [-0.39, 0.29) is 10.9 Å². The Bertz CT molecular complexity index is 1250. The topological polar surface area (TPSA) is 77.0 Å². The summed E-state index contributed by atoms with van der Waals surface area (Å²) in [6, 6.07) is 15.2. The molecule has 0 radical (unpaired) electrons. The maximum atomic E-state index is 12.4. The highest BCUT2D eigenvalue weighted by Gasteiger charge is 2.15. The summed E-state index contributed by atoms with van der Waals surface area (Å²) in [5.41, 5.74) is 3.48. The average molecular weight is 469 g/mol. The van der Waals surface area contributed by atoms with E-state index in [9.17, 15) is 4.79 Å². The molecule has 2 aromatic heterocycles. The fourth-order valence-electron chi connectivity index (χ4n) is 2.67. The van der Waals surface area contributed by atoms with Crippen LogP contribution in [0.15, 0.2) is 53.9 Å². The number of carbonyl (C=O) groups excluding carboxylic acids is 1. The molecule has 9 heteroatoms. The summed E-state index contributed by atoms with van der Waals surface area (Å²) < 4.78 is 5.27. The van der Waals surface area contributed by atoms with Gasteiger partial charge in [-0.3, -0.25) is 4.79 Å². The highest BCUT2D eigenvalue weighted by atomic mass is 35.5. The summed E-state index contributed by atoms with van der Waals surface area (Å²) in [6.45, 7) is 1.99. The number of aryl methyl sites for hydroxylation is 1. The van der Waals surface area contributed by atoms with Gasteiger partial charge < -0.3 is 10.1 Å². The van der Waals surface area contributed by atoms with E-state index in [2.05, 4.69) is 20.5 Å². The van der Waals surface area contributed by atoms with Gasteiger partial charge in [-0.1, -0.05) is 52.8 Å². The number of halogens is 1. The molecule has 0 unspecified atom stereocenters. The monoisotopic (exact) mass is 468 g/mol. The second kappa shape index (κ2) is 9.38. The fraction of sp³-hybridized carbons (Fsp3) is 0.0909. The molecule has 2 heterocycles. The first-order valence-corrected chi connectivity index (χ1v) is 11.3. The highest BCUT2D eigenvalue weighted by Crippen LogP contribution is 2.30. The van der Waals surface area contributed by atoms with E-state index in [1.807, 2.05) is 60.8 Å². The lowest BCUT2D eigenvalue weighted by Gasteiger charge is -2.02. The number of carbonyl (C=O) groups is 1. The van der Waals surface area contributed by atoms with Gasteiger partial charge in [0, 0.05) is 16.6 Å². The van der Waals surface area contributed by atoms with E-state index in [1.165, 1.54) is 11.3 Å². The first kappa shape index (κ1) is 21.2. The molecule has 31 heavy (non-hydrogen) atoms. The van der Waals surface area contributed by atoms with Gasteiger partial charge in [-0.15, -0.1) is 21.5 Å². The van der Waals surface area contributed by atoms with Gasteiger partial charge >= 0.3 is 0 Å². The normalized spacial score (nSPS) is 11.4. The minimum Gasteiger partial charge on any atom is -0.497 e. The van der Waals surface area contributed by atoms with Crippen molar-refractivity contribution in [1.82, 2.24) is 15.2 Å². The Morgan fingerprint density at radius 1 is 1.13 bits per heavy atom. The predicted molar refractivity (Wildman–Crippen MR) is 127 cm³/mol. The number of thiazole rings is 1. The number of hydrogen-bond acceptors (Lipinski definition) is 7. The summed E-state index contributed by atoms with van der Waals surface area (Å²) in [6.07, 6.45) is 1.71. The van der Waals surface area contributed by atoms with Gasteiger partial charge in [0.05, 0.1) is 17.8 Å². The van der Waals surface area contributed by atoms with E-state index < -0.39 is 0 Å². The molecule has 4 aromatic rings. The number of methoxy groups -OCH3 is 1. The van der Waals surface area contributed by atoms with Crippen molar-refractivity contribution in [3.05, 3.63) is 75.2 Å². The summed E-state index contributed by atoms with van der Waals surface area (Å²) in [7, 11) is 1.63. The molecule has 0 atom stereocenters. The minimum atomic E-state index is -0.328. The minimum absolute atomic E-state index is 0.234. The Morgan fingerprint density at radius 2 is 1.90 bits per heavy atom. The van der Waals surface area contributed by atoms with E-state index in [1.54, 1.807) is 13.2 Å². The summed E-state index contributed by atoms with van der Waals surface area (Å²) in [4.78, 5) is 17.0. The first-order valence-electron chi connectivity index (χ1n) is 9.21. The summed E-state index contributed by atoms with van der Waals surface area (Å²) in [5.74, 6) is 0.444. The lowest BCUT2D eigenvalue weighted by Crippen LogP contribution is -2.11. The highest BCUT2D eigenvalue weighted by molar-refractivity contribution is 7.15. The number of ether oxygens (including phenoxy) is 1. The predicted octanol–water partition coefficient (Wildman–Crippen LogP) is 5.97. The van der Waals surface area contributed by atoms with Crippen LogP contribution in [0.2, 0.25) is 0 Å². The molecular weight excluding hydrogens is 452 g/mol. The zero-order chi connectivity index (χ0) is 21.8. The lowest BCUT2D eigenvalue weighted by atomic mass is 10.2. The SMILES string of the molecule is COc1cccc(-c2nc(/C=C(\Cl)c3nnc(C(=O)Nc4ccc(C)cc4)s3)cs2)c1. The van der Waals surface area contributed by atoms with Crippen LogP contribution in [-0.2, 0) is 0 Å². The Balaban J connectivity index is 1.48. The fourth-order valence-corrected chi connectivity index (χ4v) is 4.35. The van der Waals surface area contributed by atoms with Crippen LogP contribution in [0.4, 0.5) is 5.69 Å². The Labute approximate surface area is 192 Å². The smallest absolute Gasteiger partial charge is 0.286 e. The van der Waals surface area contributed by atoms with E-state index in [4.69, 9.17) is 16.3 Å². The van der Waals surface area contributed by atoms with Crippen molar-refractivity contribution < 1.29 is 9.53 Å². The summed E-state index contributed by atoms with van der Waals surface area (Å²) >= 11 is 9.05. The van der Waals surface area contributed by atoms with Gasteiger partial charge in [0.1, 0.15) is 10.8 Å². The molecule has 0 aliphatic carbocycles. The third kappa shape index (κ3) is 5.16. The van der Waals surface area contributed by atoms with Crippen molar-refractivity contribution in [3.8, 4) is 16.3 Å². The van der Waals surface area contributed by atoms with Crippen LogP contribution >= 0.6 is 34.3 Å². The number of benzene rings is 2. The second-order valence-electron chi connectivity index (χ2n) is 6.53. The molecule has 4 rings (SSSR count). The van der Waals surface area contributed by atoms with Crippen LogP contribution < -0.4 is 10.1 Å². The van der Waals surface area contributed by atoms with E-state index in [0.29, 0.717) is 21.4 Å². The summed E-state index contributed by atoms with van der Waals surface area (Å²) in [5, 5.41) is 14.6. The van der Waals surface area contributed by atoms with Gasteiger partial charge in [-0.25, -0.2) is 4.98 Å². The van der Waals surface area contributed by atoms with Crippen molar-refractivity contribution in [3.63, 3.8) is 0 Å². The first-order chi connectivity index (χ1) is 15.0. The van der Waals surface area contributed by atoms with Crippen molar-refractivity contribution >= 4 is 57.0 Å². The van der Waals surface area contributed by atoms with Crippen LogP contribution in [0.25, 0.3) is 21.7 Å². The number of rotatable bonds is 6. The molecule has 1 N–H and O–H groups in total. The Kier molecular flexibility index (Phi) is 6.41. The molecular formula is C22H17ClN4O2S2. The van der Waals surface area contributed by atoms with Gasteiger partial charge in [0.25, 0.3) is 5.91 Å². The molecule has 2 aromatic carbocycles. The van der Waals surface area contributed by atoms with Crippen molar-refractivity contribution in [2.45, 2.75) is 6.92 Å². The maximum absolute atomic E-state index is 12.4. The molecule has 0 saturated carbocycles. The van der Waals surface area contributed by atoms with E-state index in [0.717, 1.165) is 33.2 Å². The molecule has 0 fully saturated rings. The lowest BCUT2D eigenvalue weighted by molar-refractivity contribution is 0.102. The largest absolute Gasteiger partial charge is 0.497 e. The molecule has 0 bridgehead atoms. The zero-order valence-corrected chi connectivity index (χ0v) is 19.0. The van der Waals surface area contributed by atoms with E-state index >= 15 is 0 Å². The third-order valence-corrected chi connectivity index (χ3v) is 6.51. The number of nitrogens with zero attached hydrogens (tertiary/aromatic N) is 3. The van der Waals surface area contributed by atoms with Gasteiger partial charge in [-0.05, 0) is 37.3 Å². The van der Waals surface area contributed by atoms with Crippen LogP contribution in [0.1, 0.15) is 26.1 Å². The van der Waals surface area contributed by atoms with Crippen molar-refractivity contribution in [1.29, 1.82) is 0 Å². The quantitative estimate of drug-likeness (QED) is 0.377. The molecule has 0 aliphatic heterocycles. The van der Waals surface area contributed by atoms with Gasteiger partial charge in [0.2, 0.25) is 5.01 Å². The number of aromatic nitrogens is 3. The second-order valence-corrected chi connectivity index (χ2v) is 8.78. The Morgan fingerprint density at radius 3 is 2.68 bits per heavy atom. The number of nitrogens with one attached hydrogen (secondary N) is 1. The van der Waals surface area contributed by atoms with Crippen LogP contribution in [0.3, 0.4) is 0 Å². The zero-order valence-electron chi connectivity index (χ0n) is 16.6. The Hall–Kier alpha value is -3.07. The van der Waals surface area contributed by atoms with Crippen LogP contribution in [-0.4, -0.2) is 28.2 Å². The third-order valence-electron chi connectivity index (χ3n) is 4.25. The number of amides is 1.